The van der Waals surface area contributed by atoms with Crippen LogP contribution in [0.4, 0.5) is 0 Å². The van der Waals surface area contributed by atoms with Crippen LogP contribution in [-0.2, 0) is 0 Å². The number of ether oxygens (including phenoxy) is 1. The molecule has 1 aromatic rings. The summed E-state index contributed by atoms with van der Waals surface area (Å²) in [6.07, 6.45) is 2.76. The molecule has 3 nitrogen and oxygen atoms in total. The van der Waals surface area contributed by atoms with Gasteiger partial charge in [0.05, 0.1) is 0 Å². The summed E-state index contributed by atoms with van der Waals surface area (Å²) in [6.45, 7) is 8.40. The van der Waals surface area contributed by atoms with Crippen molar-refractivity contribution in [2.75, 3.05) is 32.7 Å². The van der Waals surface area contributed by atoms with Crippen molar-refractivity contribution in [1.82, 2.24) is 10.2 Å². The molecule has 2 aliphatic heterocycles. The lowest BCUT2D eigenvalue weighted by molar-refractivity contribution is 0.0960. The van der Waals surface area contributed by atoms with E-state index in [1.807, 2.05) is 0 Å². The number of hydrogen-bond donors (Lipinski definition) is 1. The molecule has 3 fully saturated rings. The molecule has 2 saturated heterocycles. The number of nitrogens with zero attached hydrogens (tertiary/aromatic N) is 1. The lowest BCUT2D eigenvalue weighted by Crippen LogP contribution is -2.40. The van der Waals surface area contributed by atoms with Crippen molar-refractivity contribution < 1.29 is 4.74 Å². The van der Waals surface area contributed by atoms with Crippen molar-refractivity contribution in [3.05, 3.63) is 29.8 Å². The molecule has 0 bridgehead atoms. The van der Waals surface area contributed by atoms with Crippen LogP contribution in [-0.4, -0.2) is 43.7 Å². The summed E-state index contributed by atoms with van der Waals surface area (Å²) < 4.78 is 6.14. The highest BCUT2D eigenvalue weighted by molar-refractivity contribution is 5.27. The molecule has 21 heavy (non-hydrogen) atoms. The SMILES string of the molecule is Cc1cccc(OC2CCN(CC3[C@H]4CNC[C@@H]34)CC2)c1. The fourth-order valence-electron chi connectivity index (χ4n) is 4.21. The standard InChI is InChI=1S/C18H26N2O/c1-13-3-2-4-15(9-13)21-14-5-7-20(8-6-14)12-18-16-10-19-11-17(16)18/h2-4,9,14,16-19H,5-8,10-12H2,1H3/t16-,17+,18?. The number of benzene rings is 1. The topological polar surface area (TPSA) is 24.5 Å². The quantitative estimate of drug-likeness (QED) is 0.919. The number of hydrogen-bond acceptors (Lipinski definition) is 3. The molecule has 1 aliphatic carbocycles. The van der Waals surface area contributed by atoms with E-state index in [1.165, 1.54) is 51.1 Å². The molecule has 3 heteroatoms. The van der Waals surface area contributed by atoms with Crippen LogP contribution in [0.25, 0.3) is 0 Å². The summed E-state index contributed by atoms with van der Waals surface area (Å²) in [5.41, 5.74) is 1.28. The molecule has 0 aromatic heterocycles. The highest BCUT2D eigenvalue weighted by Crippen LogP contribution is 2.49. The monoisotopic (exact) mass is 286 g/mol. The van der Waals surface area contributed by atoms with Gasteiger partial charge < -0.3 is 15.0 Å². The van der Waals surface area contributed by atoms with Crippen molar-refractivity contribution in [2.45, 2.75) is 25.9 Å². The summed E-state index contributed by atoms with van der Waals surface area (Å²) >= 11 is 0. The predicted molar refractivity (Wildman–Crippen MR) is 84.6 cm³/mol. The highest BCUT2D eigenvalue weighted by atomic mass is 16.5. The molecule has 0 radical (unpaired) electrons. The van der Waals surface area contributed by atoms with Crippen molar-refractivity contribution in [3.63, 3.8) is 0 Å². The van der Waals surface area contributed by atoms with Crippen LogP contribution in [0.1, 0.15) is 18.4 Å². The Morgan fingerprint density at radius 2 is 1.95 bits per heavy atom. The smallest absolute Gasteiger partial charge is 0.119 e. The zero-order valence-electron chi connectivity index (χ0n) is 12.9. The molecule has 1 N–H and O–H groups in total. The molecule has 0 spiro atoms. The van der Waals surface area contributed by atoms with Gasteiger partial charge >= 0.3 is 0 Å². The molecule has 2 heterocycles. The normalized spacial score (nSPS) is 32.9. The Morgan fingerprint density at radius 1 is 1.19 bits per heavy atom. The van der Waals surface area contributed by atoms with E-state index in [4.69, 9.17) is 4.74 Å². The van der Waals surface area contributed by atoms with Gasteiger partial charge in [-0.3, -0.25) is 0 Å². The van der Waals surface area contributed by atoms with Gasteiger partial charge in [-0.15, -0.1) is 0 Å². The molecule has 1 unspecified atom stereocenters. The lowest BCUT2D eigenvalue weighted by Gasteiger charge is -2.32. The zero-order chi connectivity index (χ0) is 14.2. The minimum absolute atomic E-state index is 0.406. The van der Waals surface area contributed by atoms with E-state index < -0.39 is 0 Å². The first-order valence-corrected chi connectivity index (χ1v) is 8.46. The average molecular weight is 286 g/mol. The van der Waals surface area contributed by atoms with E-state index in [1.54, 1.807) is 0 Å². The number of piperidine rings is 2. The Morgan fingerprint density at radius 3 is 2.67 bits per heavy atom. The number of fused-ring (bicyclic) bond motifs is 1. The average Bonchev–Trinajstić information content (AvgIpc) is 2.92. The Bertz CT molecular complexity index is 486. The summed E-state index contributed by atoms with van der Waals surface area (Å²) in [4.78, 5) is 2.67. The van der Waals surface area contributed by atoms with Gasteiger partial charge in [0, 0.05) is 19.6 Å². The van der Waals surface area contributed by atoms with Crippen LogP contribution in [0.5, 0.6) is 5.75 Å². The van der Waals surface area contributed by atoms with Crippen LogP contribution < -0.4 is 10.1 Å². The Balaban J connectivity index is 1.23. The van der Waals surface area contributed by atoms with Gasteiger partial charge in [0.25, 0.3) is 0 Å². The lowest BCUT2D eigenvalue weighted by atomic mass is 10.1. The molecule has 4 rings (SSSR count). The maximum atomic E-state index is 6.14. The first-order valence-electron chi connectivity index (χ1n) is 8.46. The van der Waals surface area contributed by atoms with E-state index in [2.05, 4.69) is 41.4 Å². The van der Waals surface area contributed by atoms with Crippen LogP contribution in [0, 0.1) is 24.7 Å². The molecule has 1 saturated carbocycles. The largest absolute Gasteiger partial charge is 0.490 e. The maximum absolute atomic E-state index is 6.14. The second-order valence-electron chi connectivity index (χ2n) is 7.08. The number of likely N-dealkylation sites (tertiary alicyclic amines) is 1. The minimum Gasteiger partial charge on any atom is -0.490 e. The number of rotatable bonds is 4. The Kier molecular flexibility index (Phi) is 3.64. The van der Waals surface area contributed by atoms with Crippen LogP contribution in [0.2, 0.25) is 0 Å². The van der Waals surface area contributed by atoms with Crippen LogP contribution >= 0.6 is 0 Å². The molecule has 3 aliphatic rings. The predicted octanol–water partition coefficient (Wildman–Crippen LogP) is 2.30. The minimum atomic E-state index is 0.406. The third-order valence-corrected chi connectivity index (χ3v) is 5.56. The Labute approximate surface area is 127 Å². The fourth-order valence-corrected chi connectivity index (χ4v) is 4.21. The molecular weight excluding hydrogens is 260 g/mol. The number of aryl methyl sites for hydroxylation is 1. The van der Waals surface area contributed by atoms with Gasteiger partial charge in [0.1, 0.15) is 11.9 Å². The summed E-state index contributed by atoms with van der Waals surface area (Å²) in [5, 5.41) is 3.49. The highest BCUT2D eigenvalue weighted by Gasteiger charge is 2.52. The van der Waals surface area contributed by atoms with Gasteiger partial charge in [-0.2, -0.15) is 0 Å². The zero-order valence-corrected chi connectivity index (χ0v) is 12.9. The second kappa shape index (κ2) is 5.62. The van der Waals surface area contributed by atoms with E-state index >= 15 is 0 Å². The van der Waals surface area contributed by atoms with Gasteiger partial charge in [-0.25, -0.2) is 0 Å². The van der Waals surface area contributed by atoms with Crippen LogP contribution in [0.3, 0.4) is 0 Å². The summed E-state index contributed by atoms with van der Waals surface area (Å²) in [6, 6.07) is 8.43. The van der Waals surface area contributed by atoms with E-state index in [0.29, 0.717) is 6.10 Å². The maximum Gasteiger partial charge on any atom is 0.119 e. The van der Waals surface area contributed by atoms with Gasteiger partial charge in [0.15, 0.2) is 0 Å². The first-order chi connectivity index (χ1) is 10.3. The molecular formula is C18H26N2O. The fraction of sp³-hybridized carbons (Fsp3) is 0.667. The molecule has 1 aromatic carbocycles. The van der Waals surface area contributed by atoms with Gasteiger partial charge in [-0.1, -0.05) is 12.1 Å². The third-order valence-electron chi connectivity index (χ3n) is 5.56. The van der Waals surface area contributed by atoms with Crippen molar-refractivity contribution in [2.24, 2.45) is 17.8 Å². The second-order valence-corrected chi connectivity index (χ2v) is 7.08. The van der Waals surface area contributed by atoms with Crippen molar-refractivity contribution in [3.8, 4) is 5.75 Å². The van der Waals surface area contributed by atoms with Gasteiger partial charge in [-0.05, 0) is 68.3 Å². The molecule has 0 amide bonds. The molecule has 3 atom stereocenters. The number of nitrogens with one attached hydrogen (secondary N) is 1. The van der Waals surface area contributed by atoms with Gasteiger partial charge in [0.2, 0.25) is 0 Å². The first kappa shape index (κ1) is 13.6. The summed E-state index contributed by atoms with van der Waals surface area (Å²) in [5.74, 6) is 4.01. The van der Waals surface area contributed by atoms with Crippen molar-refractivity contribution >= 4 is 0 Å². The molecule has 114 valence electrons. The summed E-state index contributed by atoms with van der Waals surface area (Å²) in [7, 11) is 0. The van der Waals surface area contributed by atoms with E-state index in [-0.39, 0.29) is 0 Å². The van der Waals surface area contributed by atoms with Crippen LogP contribution in [0.15, 0.2) is 24.3 Å². The van der Waals surface area contributed by atoms with E-state index in [0.717, 1.165) is 23.5 Å². The van der Waals surface area contributed by atoms with Crippen molar-refractivity contribution in [1.29, 1.82) is 0 Å². The van der Waals surface area contributed by atoms with E-state index in [9.17, 15) is 0 Å². The third kappa shape index (κ3) is 2.95. The Hall–Kier alpha value is -1.06.